The molecule has 14 heavy (non-hydrogen) atoms. The van der Waals surface area contributed by atoms with Crippen LogP contribution < -0.4 is 5.73 Å². The third-order valence-corrected chi connectivity index (χ3v) is 2.92. The number of hydrogen-bond donors (Lipinski definition) is 2. The summed E-state index contributed by atoms with van der Waals surface area (Å²) < 4.78 is 0. The van der Waals surface area contributed by atoms with Gasteiger partial charge in [-0.2, -0.15) is 0 Å². The highest BCUT2D eigenvalue weighted by atomic mass is 32.1. The van der Waals surface area contributed by atoms with E-state index in [1.165, 1.54) is 0 Å². The molecule has 0 saturated carbocycles. The molecule has 4 nitrogen and oxygen atoms in total. The molecule has 3 N–H and O–H groups in total. The number of nitrogens with two attached hydrogens (primary N) is 1. The van der Waals surface area contributed by atoms with E-state index >= 15 is 0 Å². The van der Waals surface area contributed by atoms with Crippen LogP contribution in [0.4, 0.5) is 0 Å². The zero-order valence-corrected chi connectivity index (χ0v) is 8.80. The van der Waals surface area contributed by atoms with E-state index in [-0.39, 0.29) is 12.0 Å². The van der Waals surface area contributed by atoms with Crippen molar-refractivity contribution in [3.63, 3.8) is 0 Å². The molecular formula is C9H15N2O2S. The second kappa shape index (κ2) is 4.70. The fraction of sp³-hybridized carbons (Fsp3) is 0.667. The lowest BCUT2D eigenvalue weighted by Gasteiger charge is -2.33. The van der Waals surface area contributed by atoms with Crippen molar-refractivity contribution in [1.82, 2.24) is 4.90 Å². The van der Waals surface area contributed by atoms with Gasteiger partial charge in [-0.15, -0.1) is 0 Å². The zero-order valence-electron chi connectivity index (χ0n) is 7.98. The number of thiocarbonyl (C=S) groups is 1. The first-order valence-electron chi connectivity index (χ1n) is 4.61. The molecule has 5 heteroatoms. The van der Waals surface area contributed by atoms with E-state index in [1.807, 2.05) is 4.90 Å². The Morgan fingerprint density at radius 2 is 2.07 bits per heavy atom. The minimum atomic E-state index is -0.708. The van der Waals surface area contributed by atoms with Crippen molar-refractivity contribution in [3.05, 3.63) is 6.92 Å². The molecule has 79 valence electrons. The summed E-state index contributed by atoms with van der Waals surface area (Å²) in [5.74, 6) is -0.926. The summed E-state index contributed by atoms with van der Waals surface area (Å²) in [5, 5.41) is 8.79. The van der Waals surface area contributed by atoms with Crippen molar-refractivity contribution in [1.29, 1.82) is 0 Å². The number of hydrogen-bond acceptors (Lipinski definition) is 3. The molecule has 0 aromatic heterocycles. The summed E-state index contributed by atoms with van der Waals surface area (Å²) in [6.07, 6.45) is 1.31. The molecule has 1 unspecified atom stereocenters. The predicted octanol–water partition coefficient (Wildman–Crippen LogP) is 0.272. The van der Waals surface area contributed by atoms with E-state index in [4.69, 9.17) is 23.1 Å². The van der Waals surface area contributed by atoms with Crippen molar-refractivity contribution in [2.24, 2.45) is 11.7 Å². The van der Waals surface area contributed by atoms with E-state index in [2.05, 4.69) is 6.92 Å². The number of piperidine rings is 1. The van der Waals surface area contributed by atoms with E-state index in [1.54, 1.807) is 0 Å². The van der Waals surface area contributed by atoms with Crippen LogP contribution in [0.5, 0.6) is 0 Å². The lowest BCUT2D eigenvalue weighted by molar-refractivity contribution is -0.143. The summed E-state index contributed by atoms with van der Waals surface area (Å²) in [4.78, 5) is 13.1. The van der Waals surface area contributed by atoms with Crippen molar-refractivity contribution in [2.45, 2.75) is 18.9 Å². The van der Waals surface area contributed by atoms with Crippen LogP contribution in [-0.2, 0) is 4.79 Å². The maximum atomic E-state index is 10.7. The fourth-order valence-corrected chi connectivity index (χ4v) is 1.79. The lowest BCUT2D eigenvalue weighted by atomic mass is 9.96. The van der Waals surface area contributed by atoms with E-state index < -0.39 is 5.97 Å². The molecule has 1 heterocycles. The van der Waals surface area contributed by atoms with Crippen LogP contribution in [0, 0.1) is 12.8 Å². The van der Waals surface area contributed by atoms with Gasteiger partial charge in [0.1, 0.15) is 0 Å². The highest BCUT2D eigenvalue weighted by Crippen LogP contribution is 2.18. The van der Waals surface area contributed by atoms with Gasteiger partial charge in [-0.3, -0.25) is 9.69 Å². The van der Waals surface area contributed by atoms with Gasteiger partial charge in [-0.25, -0.2) is 0 Å². The molecular weight excluding hydrogens is 200 g/mol. The Bertz CT molecular complexity index is 237. The highest BCUT2D eigenvalue weighted by Gasteiger charge is 2.27. The third-order valence-electron chi connectivity index (χ3n) is 2.65. The monoisotopic (exact) mass is 215 g/mol. The molecule has 0 aliphatic carbocycles. The minimum Gasteiger partial charge on any atom is -0.481 e. The first-order chi connectivity index (χ1) is 6.52. The third kappa shape index (κ3) is 2.65. The van der Waals surface area contributed by atoms with Crippen LogP contribution in [0.3, 0.4) is 0 Å². The average Bonchev–Trinajstić information content (AvgIpc) is 2.16. The molecule has 1 aliphatic rings. The first-order valence-corrected chi connectivity index (χ1v) is 5.02. The molecule has 1 saturated heterocycles. The van der Waals surface area contributed by atoms with Gasteiger partial charge in [0.2, 0.25) is 0 Å². The van der Waals surface area contributed by atoms with Gasteiger partial charge in [-0.05, 0) is 32.9 Å². The topological polar surface area (TPSA) is 66.6 Å². The van der Waals surface area contributed by atoms with Gasteiger partial charge >= 0.3 is 5.97 Å². The van der Waals surface area contributed by atoms with Gasteiger partial charge in [0, 0.05) is 0 Å². The van der Waals surface area contributed by atoms with Crippen molar-refractivity contribution < 1.29 is 9.90 Å². The van der Waals surface area contributed by atoms with Crippen LogP contribution in [-0.4, -0.2) is 40.1 Å². The maximum absolute atomic E-state index is 10.7. The quantitative estimate of drug-likeness (QED) is 0.662. The van der Waals surface area contributed by atoms with Gasteiger partial charge in [0.05, 0.1) is 16.9 Å². The second-order valence-electron chi connectivity index (χ2n) is 3.57. The molecule has 0 aromatic carbocycles. The van der Waals surface area contributed by atoms with Crippen molar-refractivity contribution in [3.8, 4) is 0 Å². The minimum absolute atomic E-state index is 0.167. The number of carbonyl (C=O) groups is 1. The van der Waals surface area contributed by atoms with Crippen LogP contribution in [0.2, 0.25) is 0 Å². The molecule has 0 aromatic rings. The highest BCUT2D eigenvalue weighted by molar-refractivity contribution is 7.80. The molecule has 0 bridgehead atoms. The Balaban J connectivity index is 2.43. The van der Waals surface area contributed by atoms with Crippen LogP contribution in [0.1, 0.15) is 12.8 Å². The van der Waals surface area contributed by atoms with Crippen LogP contribution >= 0.6 is 12.2 Å². The van der Waals surface area contributed by atoms with E-state index in [0.29, 0.717) is 30.9 Å². The summed E-state index contributed by atoms with van der Waals surface area (Å²) in [7, 11) is 0. The van der Waals surface area contributed by atoms with Gasteiger partial charge in [0.25, 0.3) is 0 Å². The van der Waals surface area contributed by atoms with Crippen molar-refractivity contribution >= 4 is 23.2 Å². The lowest BCUT2D eigenvalue weighted by Crippen LogP contribution is -2.46. The van der Waals surface area contributed by atoms with Crippen LogP contribution in [0.25, 0.3) is 0 Å². The molecule has 1 fully saturated rings. The van der Waals surface area contributed by atoms with Gasteiger partial charge in [0.15, 0.2) is 0 Å². The second-order valence-corrected chi connectivity index (χ2v) is 4.04. The Morgan fingerprint density at radius 3 is 2.43 bits per heavy atom. The summed E-state index contributed by atoms with van der Waals surface area (Å²) in [6, 6.07) is -0.167. The number of carboxylic acid groups (broad SMARTS) is 1. The maximum Gasteiger partial charge on any atom is 0.306 e. The largest absolute Gasteiger partial charge is 0.481 e. The first kappa shape index (κ1) is 11.4. The predicted molar refractivity (Wildman–Crippen MR) is 57.9 cm³/mol. The zero-order chi connectivity index (χ0) is 10.7. The Hall–Kier alpha value is -0.680. The summed E-state index contributed by atoms with van der Waals surface area (Å²) >= 11 is 4.84. The van der Waals surface area contributed by atoms with E-state index in [9.17, 15) is 4.79 Å². The SMILES string of the molecule is [CH2]C(C(N)=S)N1CCC(C(=O)O)CC1. The average molecular weight is 215 g/mol. The number of carboxylic acids is 1. The number of aliphatic carboxylic acids is 1. The van der Waals surface area contributed by atoms with Crippen molar-refractivity contribution in [2.75, 3.05) is 13.1 Å². The number of nitrogens with zero attached hydrogens (tertiary/aromatic N) is 1. The van der Waals surface area contributed by atoms with Gasteiger partial charge in [-0.1, -0.05) is 12.2 Å². The molecule has 1 atom stereocenters. The Morgan fingerprint density at radius 1 is 1.57 bits per heavy atom. The fourth-order valence-electron chi connectivity index (χ4n) is 1.64. The van der Waals surface area contributed by atoms with E-state index in [0.717, 1.165) is 0 Å². The number of rotatable bonds is 3. The van der Waals surface area contributed by atoms with Gasteiger partial charge < -0.3 is 10.8 Å². The smallest absolute Gasteiger partial charge is 0.306 e. The summed E-state index contributed by atoms with van der Waals surface area (Å²) in [5.41, 5.74) is 5.47. The van der Waals surface area contributed by atoms with Crippen LogP contribution in [0.15, 0.2) is 0 Å². The molecule has 1 aliphatic heterocycles. The molecule has 0 amide bonds. The normalized spacial score (nSPS) is 21.8. The molecule has 0 spiro atoms. The molecule has 1 rings (SSSR count). The Labute approximate surface area is 89.1 Å². The summed E-state index contributed by atoms with van der Waals surface area (Å²) in [6.45, 7) is 5.26. The number of likely N-dealkylation sites (tertiary alicyclic amines) is 1. The standard InChI is InChI=1S/C9H15N2O2S/c1-6(8(10)14)11-4-2-7(3-5-11)9(12)13/h6-7H,1-5H2,(H2,10,14)(H,12,13). The Kier molecular flexibility index (Phi) is 3.83. The molecule has 1 radical (unpaired) electrons.